The van der Waals surface area contributed by atoms with Gasteiger partial charge in [0.05, 0.1) is 6.10 Å². The summed E-state index contributed by atoms with van der Waals surface area (Å²) in [6.07, 6.45) is -2.16. The molecule has 30 heavy (non-hydrogen) atoms. The molecule has 0 aromatic heterocycles. The maximum Gasteiger partial charge on any atom is 0.408 e. The van der Waals surface area contributed by atoms with Crippen molar-refractivity contribution in [3.63, 3.8) is 0 Å². The highest BCUT2D eigenvalue weighted by Gasteiger charge is 2.29. The zero-order valence-corrected chi connectivity index (χ0v) is 16.4. The molecule has 0 saturated heterocycles. The number of nitrogens with two attached hydrogens (primary N) is 1. The summed E-state index contributed by atoms with van der Waals surface area (Å²) in [5.41, 5.74) is 6.67. The quantitative estimate of drug-likeness (QED) is 0.484. The van der Waals surface area contributed by atoms with Crippen LogP contribution in [-0.2, 0) is 27.4 Å². The normalized spacial score (nSPS) is 13.6. The van der Waals surface area contributed by atoms with Gasteiger partial charge in [-0.1, -0.05) is 42.5 Å². The van der Waals surface area contributed by atoms with E-state index in [1.165, 1.54) is 31.2 Å². The molecule has 3 atom stereocenters. The van der Waals surface area contributed by atoms with Crippen molar-refractivity contribution in [1.82, 2.24) is 10.6 Å². The molecule has 9 heteroatoms. The largest absolute Gasteiger partial charge is 0.445 e. The predicted octanol–water partition coefficient (Wildman–Crippen LogP) is 1.01. The summed E-state index contributed by atoms with van der Waals surface area (Å²) < 4.78 is 18.1. The minimum absolute atomic E-state index is 0.0186. The van der Waals surface area contributed by atoms with E-state index in [1.807, 2.05) is 6.07 Å². The Hall–Kier alpha value is -3.46. The van der Waals surface area contributed by atoms with E-state index >= 15 is 0 Å². The van der Waals surface area contributed by atoms with Crippen LogP contribution in [0.1, 0.15) is 18.1 Å². The molecule has 0 fully saturated rings. The van der Waals surface area contributed by atoms with Crippen LogP contribution in [0.2, 0.25) is 0 Å². The summed E-state index contributed by atoms with van der Waals surface area (Å²) in [6.45, 7) is 1.29. The molecule has 0 heterocycles. The van der Waals surface area contributed by atoms with E-state index in [9.17, 15) is 23.9 Å². The molecule has 8 nitrogen and oxygen atoms in total. The first kappa shape index (κ1) is 22.8. The highest BCUT2D eigenvalue weighted by Crippen LogP contribution is 2.07. The molecule has 0 aliphatic rings. The topological polar surface area (TPSA) is 131 Å². The molecule has 0 bridgehead atoms. The number of amides is 3. The van der Waals surface area contributed by atoms with E-state index in [1.54, 1.807) is 24.3 Å². The molecule has 0 aliphatic carbocycles. The number of hydrogen-bond donors (Lipinski definition) is 4. The molecule has 160 valence electrons. The van der Waals surface area contributed by atoms with Crippen LogP contribution < -0.4 is 16.4 Å². The molecule has 0 unspecified atom stereocenters. The van der Waals surface area contributed by atoms with Crippen LogP contribution >= 0.6 is 0 Å². The number of halogens is 1. The number of aliphatic hydroxyl groups excluding tert-OH is 1. The molecule has 0 aliphatic heterocycles. The summed E-state index contributed by atoms with van der Waals surface area (Å²) in [5.74, 6) is -2.07. The van der Waals surface area contributed by atoms with Gasteiger partial charge in [-0.15, -0.1) is 0 Å². The average Bonchev–Trinajstić information content (AvgIpc) is 2.71. The number of hydrogen-bond acceptors (Lipinski definition) is 5. The van der Waals surface area contributed by atoms with Crippen molar-refractivity contribution in [1.29, 1.82) is 0 Å². The van der Waals surface area contributed by atoms with Gasteiger partial charge >= 0.3 is 6.09 Å². The molecule has 2 rings (SSSR count). The van der Waals surface area contributed by atoms with Crippen LogP contribution in [0.15, 0.2) is 54.6 Å². The van der Waals surface area contributed by atoms with Gasteiger partial charge < -0.3 is 26.2 Å². The Morgan fingerprint density at radius 2 is 1.67 bits per heavy atom. The lowest BCUT2D eigenvalue weighted by molar-refractivity contribution is -0.130. The number of nitrogens with one attached hydrogen (secondary N) is 2. The minimum atomic E-state index is -1.37. The van der Waals surface area contributed by atoms with Gasteiger partial charge in [-0.05, 0) is 30.2 Å². The van der Waals surface area contributed by atoms with Crippen molar-refractivity contribution in [2.45, 2.75) is 38.1 Å². The number of rotatable bonds is 9. The van der Waals surface area contributed by atoms with Crippen LogP contribution in [0.25, 0.3) is 0 Å². The zero-order chi connectivity index (χ0) is 22.1. The Balaban J connectivity index is 1.97. The molecule has 3 amide bonds. The lowest BCUT2D eigenvalue weighted by Crippen LogP contribution is -2.57. The van der Waals surface area contributed by atoms with E-state index in [4.69, 9.17) is 10.5 Å². The first-order valence-electron chi connectivity index (χ1n) is 9.25. The van der Waals surface area contributed by atoms with E-state index < -0.39 is 41.9 Å². The van der Waals surface area contributed by atoms with Gasteiger partial charge in [0.15, 0.2) is 0 Å². The third-order valence-corrected chi connectivity index (χ3v) is 4.26. The first-order chi connectivity index (χ1) is 14.3. The second-order valence-corrected chi connectivity index (χ2v) is 6.72. The highest BCUT2D eigenvalue weighted by molar-refractivity contribution is 5.91. The van der Waals surface area contributed by atoms with E-state index in [2.05, 4.69) is 10.6 Å². The molecule has 0 saturated carbocycles. The third kappa shape index (κ3) is 7.17. The second kappa shape index (κ2) is 10.9. The Morgan fingerprint density at radius 1 is 1.03 bits per heavy atom. The monoisotopic (exact) mass is 417 g/mol. The van der Waals surface area contributed by atoms with Crippen molar-refractivity contribution in [3.8, 4) is 0 Å². The zero-order valence-electron chi connectivity index (χ0n) is 16.4. The summed E-state index contributed by atoms with van der Waals surface area (Å²) in [6, 6.07) is 11.8. The fourth-order valence-electron chi connectivity index (χ4n) is 2.64. The van der Waals surface area contributed by atoms with Gasteiger partial charge in [0, 0.05) is 6.42 Å². The van der Waals surface area contributed by atoms with E-state index in [0.717, 1.165) is 5.56 Å². The van der Waals surface area contributed by atoms with Crippen molar-refractivity contribution < 1.29 is 28.6 Å². The number of carbonyl (C=O) groups excluding carboxylic acids is 3. The fraction of sp³-hybridized carbons (Fsp3) is 0.286. The van der Waals surface area contributed by atoms with E-state index in [-0.39, 0.29) is 13.0 Å². The lowest BCUT2D eigenvalue weighted by Gasteiger charge is -2.23. The SMILES string of the molecule is C[C@@H](O)[C@H](NC(=O)OCc1ccccc1)C(=O)N[C@H](Cc1ccc(F)cc1)C(N)=O. The van der Waals surface area contributed by atoms with Crippen molar-refractivity contribution in [2.24, 2.45) is 5.73 Å². The van der Waals surface area contributed by atoms with Crippen LogP contribution in [0.3, 0.4) is 0 Å². The summed E-state index contributed by atoms with van der Waals surface area (Å²) in [5, 5.41) is 14.6. The molecule has 5 N–H and O–H groups in total. The summed E-state index contributed by atoms with van der Waals surface area (Å²) >= 11 is 0. The van der Waals surface area contributed by atoms with Crippen LogP contribution in [-0.4, -0.2) is 41.2 Å². The maximum atomic E-state index is 13.0. The molecular weight excluding hydrogens is 393 g/mol. The van der Waals surface area contributed by atoms with Gasteiger partial charge in [-0.25, -0.2) is 9.18 Å². The summed E-state index contributed by atoms with van der Waals surface area (Å²) in [7, 11) is 0. The fourth-order valence-corrected chi connectivity index (χ4v) is 2.64. The number of benzene rings is 2. The number of aliphatic hydroxyl groups is 1. The van der Waals surface area contributed by atoms with Gasteiger partial charge in [0.2, 0.25) is 11.8 Å². The Morgan fingerprint density at radius 3 is 2.23 bits per heavy atom. The number of ether oxygens (including phenoxy) is 1. The molecule has 2 aromatic rings. The summed E-state index contributed by atoms with van der Waals surface area (Å²) in [4.78, 5) is 36.3. The molecule has 2 aromatic carbocycles. The first-order valence-corrected chi connectivity index (χ1v) is 9.25. The molecular formula is C21H24FN3O5. The lowest BCUT2D eigenvalue weighted by atomic mass is 10.0. The maximum absolute atomic E-state index is 13.0. The van der Waals surface area contributed by atoms with E-state index in [0.29, 0.717) is 5.56 Å². The van der Waals surface area contributed by atoms with Crippen LogP contribution in [0.4, 0.5) is 9.18 Å². The third-order valence-electron chi connectivity index (χ3n) is 4.26. The number of alkyl carbamates (subject to hydrolysis) is 1. The molecule has 0 spiro atoms. The smallest absolute Gasteiger partial charge is 0.408 e. The van der Waals surface area contributed by atoms with Gasteiger partial charge in [-0.2, -0.15) is 0 Å². The van der Waals surface area contributed by atoms with Gasteiger partial charge in [0.25, 0.3) is 0 Å². The van der Waals surface area contributed by atoms with Gasteiger partial charge in [-0.3, -0.25) is 9.59 Å². The van der Waals surface area contributed by atoms with Crippen LogP contribution in [0.5, 0.6) is 0 Å². The Bertz CT molecular complexity index is 859. The molecule has 0 radical (unpaired) electrons. The van der Waals surface area contributed by atoms with Crippen LogP contribution in [0, 0.1) is 5.82 Å². The highest BCUT2D eigenvalue weighted by atomic mass is 19.1. The number of primary amides is 1. The minimum Gasteiger partial charge on any atom is -0.445 e. The number of carbonyl (C=O) groups is 3. The Labute approximate surface area is 173 Å². The average molecular weight is 417 g/mol. The van der Waals surface area contributed by atoms with Crippen molar-refractivity contribution in [2.75, 3.05) is 0 Å². The van der Waals surface area contributed by atoms with Gasteiger partial charge in [0.1, 0.15) is 24.5 Å². The van der Waals surface area contributed by atoms with Crippen molar-refractivity contribution in [3.05, 3.63) is 71.5 Å². The Kier molecular flexibility index (Phi) is 8.30. The van der Waals surface area contributed by atoms with Crippen molar-refractivity contribution >= 4 is 17.9 Å². The standard InChI is InChI=1S/C21H24FN3O5/c1-13(26)18(25-21(29)30-12-15-5-3-2-4-6-15)20(28)24-17(19(23)27)11-14-7-9-16(22)10-8-14/h2-10,13,17-18,26H,11-12H2,1H3,(H2,23,27)(H,24,28)(H,25,29)/t13-,17-,18+/m1/s1. The second-order valence-electron chi connectivity index (χ2n) is 6.72. The predicted molar refractivity (Wildman–Crippen MR) is 106 cm³/mol.